The summed E-state index contributed by atoms with van der Waals surface area (Å²) < 4.78 is 58.6. The lowest BCUT2D eigenvalue weighted by Crippen LogP contribution is -2.58. The van der Waals surface area contributed by atoms with Crippen molar-refractivity contribution in [2.24, 2.45) is 16.6 Å². The Morgan fingerprint density at radius 2 is 2.14 bits per heavy atom. The van der Waals surface area contributed by atoms with Crippen LogP contribution in [0.3, 0.4) is 0 Å². The Hall–Kier alpha value is -3.41. The number of amidine groups is 1. The third-order valence-electron chi connectivity index (χ3n) is 6.20. The van der Waals surface area contributed by atoms with Crippen LogP contribution in [-0.2, 0) is 15.0 Å². The SMILES string of the molecule is CCC[C@@H]1OCC[C@H]2OC(N)=N[C@](CF)(c3cc(NC(=O)c4cnc(OCF)cn4)ccc3F)[C@@H]12. The van der Waals surface area contributed by atoms with Crippen LogP contribution >= 0.6 is 0 Å². The van der Waals surface area contributed by atoms with Crippen molar-refractivity contribution in [2.45, 2.75) is 43.9 Å². The lowest BCUT2D eigenvalue weighted by Gasteiger charge is -2.49. The molecule has 9 nitrogen and oxygen atoms in total. The van der Waals surface area contributed by atoms with E-state index in [0.717, 1.165) is 24.9 Å². The number of alkyl halides is 2. The lowest BCUT2D eigenvalue weighted by atomic mass is 9.70. The molecule has 1 fully saturated rings. The van der Waals surface area contributed by atoms with Crippen molar-refractivity contribution in [3.63, 3.8) is 0 Å². The van der Waals surface area contributed by atoms with E-state index in [0.29, 0.717) is 19.4 Å². The molecule has 0 aliphatic carbocycles. The van der Waals surface area contributed by atoms with Crippen LogP contribution in [0.1, 0.15) is 42.2 Å². The molecule has 12 heteroatoms. The van der Waals surface area contributed by atoms with E-state index in [1.165, 1.54) is 12.1 Å². The van der Waals surface area contributed by atoms with Crippen LogP contribution in [0.4, 0.5) is 18.9 Å². The number of rotatable bonds is 8. The molecule has 1 amide bonds. The third kappa shape index (κ3) is 4.88. The zero-order valence-corrected chi connectivity index (χ0v) is 19.0. The van der Waals surface area contributed by atoms with Crippen molar-refractivity contribution in [3.8, 4) is 5.88 Å². The number of benzene rings is 1. The van der Waals surface area contributed by atoms with Crippen molar-refractivity contribution >= 4 is 17.6 Å². The van der Waals surface area contributed by atoms with Gasteiger partial charge in [-0.15, -0.1) is 0 Å². The Balaban J connectivity index is 1.68. The highest BCUT2D eigenvalue weighted by Gasteiger charge is 2.55. The van der Waals surface area contributed by atoms with Crippen LogP contribution in [0.25, 0.3) is 0 Å². The largest absolute Gasteiger partial charge is 0.462 e. The first kappa shape index (κ1) is 24.7. The molecule has 1 aromatic carbocycles. The van der Waals surface area contributed by atoms with Gasteiger partial charge in [0.25, 0.3) is 11.9 Å². The van der Waals surface area contributed by atoms with E-state index < -0.39 is 48.9 Å². The van der Waals surface area contributed by atoms with Gasteiger partial charge >= 0.3 is 0 Å². The number of nitrogens with two attached hydrogens (primary N) is 1. The first-order valence-electron chi connectivity index (χ1n) is 11.2. The summed E-state index contributed by atoms with van der Waals surface area (Å²) in [6, 6.07) is 3.57. The second-order valence-electron chi connectivity index (χ2n) is 8.32. The predicted molar refractivity (Wildman–Crippen MR) is 120 cm³/mol. The number of nitrogens with zero attached hydrogens (tertiary/aromatic N) is 3. The molecular weight excluding hydrogens is 467 g/mol. The molecule has 0 saturated carbocycles. The molecule has 4 rings (SSSR count). The van der Waals surface area contributed by atoms with Gasteiger partial charge in [-0.05, 0) is 24.6 Å². The van der Waals surface area contributed by atoms with E-state index in [9.17, 15) is 13.6 Å². The molecule has 35 heavy (non-hydrogen) atoms. The molecule has 1 saturated heterocycles. The maximum absolute atomic E-state index is 15.2. The molecule has 0 radical (unpaired) electrons. The molecule has 188 valence electrons. The molecule has 4 atom stereocenters. The molecular formula is C23H26F3N5O4. The number of nitrogens with one attached hydrogen (secondary N) is 1. The number of hydrogen-bond acceptors (Lipinski definition) is 8. The summed E-state index contributed by atoms with van der Waals surface area (Å²) in [6.07, 6.45) is 3.14. The molecule has 3 heterocycles. The van der Waals surface area contributed by atoms with E-state index in [2.05, 4.69) is 25.0 Å². The van der Waals surface area contributed by atoms with Gasteiger partial charge in [0.2, 0.25) is 12.7 Å². The average molecular weight is 493 g/mol. The van der Waals surface area contributed by atoms with Crippen LogP contribution < -0.4 is 15.8 Å². The fraction of sp³-hybridized carbons (Fsp3) is 0.478. The summed E-state index contributed by atoms with van der Waals surface area (Å²) in [4.78, 5) is 24.6. The van der Waals surface area contributed by atoms with Gasteiger partial charge in [0.1, 0.15) is 29.8 Å². The summed E-state index contributed by atoms with van der Waals surface area (Å²) >= 11 is 0. The Morgan fingerprint density at radius 1 is 1.31 bits per heavy atom. The molecule has 2 aromatic rings. The highest BCUT2D eigenvalue weighted by molar-refractivity contribution is 6.02. The van der Waals surface area contributed by atoms with Crippen LogP contribution in [0.5, 0.6) is 5.88 Å². The van der Waals surface area contributed by atoms with Crippen molar-refractivity contribution in [3.05, 3.63) is 47.7 Å². The van der Waals surface area contributed by atoms with Gasteiger partial charge < -0.3 is 25.3 Å². The number of hydrogen-bond donors (Lipinski definition) is 2. The number of ether oxygens (including phenoxy) is 3. The minimum Gasteiger partial charge on any atom is -0.462 e. The monoisotopic (exact) mass is 493 g/mol. The maximum atomic E-state index is 15.2. The minimum absolute atomic E-state index is 0.0663. The average Bonchev–Trinajstić information content (AvgIpc) is 2.85. The van der Waals surface area contributed by atoms with Crippen LogP contribution in [0, 0.1) is 11.7 Å². The van der Waals surface area contributed by atoms with Crippen molar-refractivity contribution < 1.29 is 32.2 Å². The number of anilines is 1. The van der Waals surface area contributed by atoms with E-state index in [4.69, 9.17) is 15.2 Å². The third-order valence-corrected chi connectivity index (χ3v) is 6.20. The first-order valence-corrected chi connectivity index (χ1v) is 11.2. The molecule has 2 aliphatic rings. The summed E-state index contributed by atoms with van der Waals surface area (Å²) in [6.45, 7) is 0.258. The van der Waals surface area contributed by atoms with Crippen molar-refractivity contribution in [2.75, 3.05) is 25.5 Å². The standard InChI is InChI=1S/C23H26F3N5O4/c1-2-3-17-20-18(6-7-33-17)35-22(27)31-23(20,11-24)14-8-13(4-5-15(14)26)30-21(32)16-9-29-19(10-28-16)34-12-25/h4-5,8-10,17-18,20H,2-3,6-7,11-12H2,1H3,(H2,27,31)(H,30,32)/t17-,18+,20-,23+/m0/s1. The van der Waals surface area contributed by atoms with E-state index in [1.54, 1.807) is 0 Å². The summed E-state index contributed by atoms with van der Waals surface area (Å²) in [7, 11) is 0. The number of halogens is 3. The smallest absolute Gasteiger partial charge is 0.283 e. The lowest BCUT2D eigenvalue weighted by molar-refractivity contribution is -0.130. The van der Waals surface area contributed by atoms with Gasteiger partial charge in [-0.3, -0.25) is 4.79 Å². The number of aliphatic imine (C=N–C) groups is 1. The number of carbonyl (C=O) groups is 1. The van der Waals surface area contributed by atoms with Crippen molar-refractivity contribution in [1.29, 1.82) is 0 Å². The topological polar surface area (TPSA) is 121 Å². The number of carbonyl (C=O) groups excluding carboxylic acids is 1. The highest BCUT2D eigenvalue weighted by atomic mass is 19.1. The second kappa shape index (κ2) is 10.5. The van der Waals surface area contributed by atoms with Crippen LogP contribution in [0.15, 0.2) is 35.6 Å². The van der Waals surface area contributed by atoms with Gasteiger partial charge in [0.05, 0.1) is 31.0 Å². The van der Waals surface area contributed by atoms with Gasteiger partial charge in [-0.25, -0.2) is 28.1 Å². The van der Waals surface area contributed by atoms with Gasteiger partial charge in [-0.1, -0.05) is 13.3 Å². The van der Waals surface area contributed by atoms with E-state index in [-0.39, 0.29) is 28.8 Å². The zero-order chi connectivity index (χ0) is 25.0. The second-order valence-corrected chi connectivity index (χ2v) is 8.32. The van der Waals surface area contributed by atoms with Gasteiger partial charge in [0, 0.05) is 17.7 Å². The Morgan fingerprint density at radius 3 is 2.83 bits per heavy atom. The fourth-order valence-electron chi connectivity index (χ4n) is 4.73. The van der Waals surface area contributed by atoms with Crippen LogP contribution in [0.2, 0.25) is 0 Å². The zero-order valence-electron chi connectivity index (χ0n) is 19.0. The number of fused-ring (bicyclic) bond motifs is 1. The number of aromatic nitrogens is 2. The fourth-order valence-corrected chi connectivity index (χ4v) is 4.73. The molecule has 0 spiro atoms. The molecule has 0 bridgehead atoms. The predicted octanol–water partition coefficient (Wildman–Crippen LogP) is 3.26. The first-order chi connectivity index (χ1) is 16.9. The maximum Gasteiger partial charge on any atom is 0.283 e. The van der Waals surface area contributed by atoms with Gasteiger partial charge in [0.15, 0.2) is 0 Å². The van der Waals surface area contributed by atoms with Crippen molar-refractivity contribution in [1.82, 2.24) is 9.97 Å². The molecule has 2 aliphatic heterocycles. The summed E-state index contributed by atoms with van der Waals surface area (Å²) in [5.41, 5.74) is 4.25. The van der Waals surface area contributed by atoms with E-state index in [1.807, 2.05) is 6.92 Å². The summed E-state index contributed by atoms with van der Waals surface area (Å²) in [5, 5.41) is 2.59. The normalized spacial score (nSPS) is 25.7. The Kier molecular flexibility index (Phi) is 7.39. The molecule has 1 aromatic heterocycles. The Bertz CT molecular complexity index is 1090. The quantitative estimate of drug-likeness (QED) is 0.579. The van der Waals surface area contributed by atoms with Crippen LogP contribution in [-0.4, -0.2) is 54.2 Å². The summed E-state index contributed by atoms with van der Waals surface area (Å²) in [5.74, 6) is -2.07. The minimum atomic E-state index is -1.69. The van der Waals surface area contributed by atoms with E-state index >= 15 is 4.39 Å². The molecule has 0 unspecified atom stereocenters. The van der Waals surface area contributed by atoms with Gasteiger partial charge in [-0.2, -0.15) is 0 Å². The molecule has 3 N–H and O–H groups in total. The highest BCUT2D eigenvalue weighted by Crippen LogP contribution is 2.47. The number of amides is 1. The Labute approximate surface area is 199 Å².